The molecule has 0 atom stereocenters. The molecule has 72 valence electrons. The monoisotopic (exact) mass is 205 g/mol. The van der Waals surface area contributed by atoms with Crippen LogP contribution < -0.4 is 0 Å². The van der Waals surface area contributed by atoms with E-state index in [4.69, 9.17) is 11.6 Å². The molecule has 1 heterocycles. The minimum atomic E-state index is 0.473. The molecule has 0 spiro atoms. The van der Waals surface area contributed by atoms with E-state index in [1.54, 1.807) is 6.20 Å². The van der Waals surface area contributed by atoms with Crippen LogP contribution in [0.5, 0.6) is 0 Å². The quantitative estimate of drug-likeness (QED) is 0.686. The molecule has 0 saturated carbocycles. The lowest BCUT2D eigenvalue weighted by Gasteiger charge is -2.09. The Morgan fingerprint density at radius 3 is 2.79 bits per heavy atom. The minimum absolute atomic E-state index is 0.473. The van der Waals surface area contributed by atoms with Crippen molar-refractivity contribution < 1.29 is 0 Å². The van der Waals surface area contributed by atoms with Gasteiger partial charge in [0.25, 0.3) is 0 Å². The maximum absolute atomic E-state index is 6.05. The molecule has 0 unspecified atom stereocenters. The molecule has 2 aromatic rings. The second kappa shape index (κ2) is 3.58. The Hall–Kier alpha value is -1.08. The molecule has 0 aliphatic rings. The van der Waals surface area contributed by atoms with E-state index in [0.717, 1.165) is 10.4 Å². The lowest BCUT2D eigenvalue weighted by Crippen LogP contribution is -1.90. The van der Waals surface area contributed by atoms with Gasteiger partial charge in [-0.15, -0.1) is 0 Å². The molecule has 0 aliphatic heterocycles. The summed E-state index contributed by atoms with van der Waals surface area (Å²) in [5.41, 5.74) is 1.26. The van der Waals surface area contributed by atoms with Crippen molar-refractivity contribution >= 4 is 22.4 Å². The summed E-state index contributed by atoms with van der Waals surface area (Å²) in [5.74, 6) is 0.473. The van der Waals surface area contributed by atoms with Crippen LogP contribution in [0, 0.1) is 0 Å². The molecule has 0 bridgehead atoms. The van der Waals surface area contributed by atoms with Gasteiger partial charge in [0, 0.05) is 22.8 Å². The van der Waals surface area contributed by atoms with Crippen molar-refractivity contribution in [2.24, 2.45) is 0 Å². The Bertz CT molecular complexity index is 463. The number of halogens is 1. The number of hydrogen-bond acceptors (Lipinski definition) is 1. The van der Waals surface area contributed by atoms with Gasteiger partial charge in [-0.2, -0.15) is 0 Å². The molecule has 1 aromatic heterocycles. The van der Waals surface area contributed by atoms with E-state index in [1.807, 2.05) is 24.4 Å². The summed E-state index contributed by atoms with van der Waals surface area (Å²) in [6, 6.07) is 5.99. The van der Waals surface area contributed by atoms with E-state index in [9.17, 15) is 0 Å². The first kappa shape index (κ1) is 9.47. The summed E-state index contributed by atoms with van der Waals surface area (Å²) in [4.78, 5) is 4.14. The summed E-state index contributed by atoms with van der Waals surface area (Å²) in [7, 11) is 0. The predicted molar refractivity (Wildman–Crippen MR) is 60.8 cm³/mol. The van der Waals surface area contributed by atoms with Crippen molar-refractivity contribution in [3.63, 3.8) is 0 Å². The van der Waals surface area contributed by atoms with E-state index in [1.165, 1.54) is 10.9 Å². The zero-order chi connectivity index (χ0) is 10.1. The number of fused-ring (bicyclic) bond motifs is 1. The van der Waals surface area contributed by atoms with Crippen molar-refractivity contribution in [1.29, 1.82) is 0 Å². The van der Waals surface area contributed by atoms with Crippen LogP contribution in [0.25, 0.3) is 10.8 Å². The third-order valence-corrected chi connectivity index (χ3v) is 2.59. The largest absolute Gasteiger partial charge is 0.264 e. The molecule has 2 heteroatoms. The molecule has 2 rings (SSSR count). The molecule has 0 fully saturated rings. The summed E-state index contributed by atoms with van der Waals surface area (Å²) in [6.45, 7) is 4.33. The summed E-state index contributed by atoms with van der Waals surface area (Å²) in [5, 5.41) is 3.16. The first-order chi connectivity index (χ1) is 6.68. The van der Waals surface area contributed by atoms with Crippen LogP contribution in [0.3, 0.4) is 0 Å². The highest BCUT2D eigenvalue weighted by atomic mass is 35.5. The lowest BCUT2D eigenvalue weighted by molar-refractivity contribution is 0.876. The molecular weight excluding hydrogens is 194 g/mol. The van der Waals surface area contributed by atoms with E-state index in [-0.39, 0.29) is 0 Å². The maximum atomic E-state index is 6.05. The summed E-state index contributed by atoms with van der Waals surface area (Å²) < 4.78 is 0. The van der Waals surface area contributed by atoms with Crippen LogP contribution in [0.2, 0.25) is 5.02 Å². The van der Waals surface area contributed by atoms with E-state index < -0.39 is 0 Å². The van der Waals surface area contributed by atoms with E-state index in [2.05, 4.69) is 18.8 Å². The maximum Gasteiger partial charge on any atom is 0.0415 e. The predicted octanol–water partition coefficient (Wildman–Crippen LogP) is 4.01. The van der Waals surface area contributed by atoms with Gasteiger partial charge in [-0.1, -0.05) is 25.4 Å². The van der Waals surface area contributed by atoms with Gasteiger partial charge in [0.15, 0.2) is 0 Å². The number of hydrogen-bond donors (Lipinski definition) is 0. The van der Waals surface area contributed by atoms with Crippen molar-refractivity contribution in [3.8, 4) is 0 Å². The van der Waals surface area contributed by atoms with Crippen molar-refractivity contribution in [3.05, 3.63) is 41.2 Å². The highest BCUT2D eigenvalue weighted by molar-refractivity contribution is 6.31. The minimum Gasteiger partial charge on any atom is -0.264 e. The first-order valence-electron chi connectivity index (χ1n) is 4.71. The highest BCUT2D eigenvalue weighted by Gasteiger charge is 2.06. The molecule has 0 N–H and O–H groups in total. The van der Waals surface area contributed by atoms with Gasteiger partial charge >= 0.3 is 0 Å². The van der Waals surface area contributed by atoms with E-state index in [0.29, 0.717) is 5.92 Å². The molecule has 1 aromatic carbocycles. The van der Waals surface area contributed by atoms with Crippen LogP contribution in [0.1, 0.15) is 25.3 Å². The third kappa shape index (κ3) is 1.60. The zero-order valence-corrected chi connectivity index (χ0v) is 9.05. The van der Waals surface area contributed by atoms with Crippen LogP contribution in [0.4, 0.5) is 0 Å². The second-order valence-corrected chi connectivity index (χ2v) is 4.18. The van der Waals surface area contributed by atoms with Crippen molar-refractivity contribution in [2.45, 2.75) is 19.8 Å². The Kier molecular flexibility index (Phi) is 2.42. The Balaban J connectivity index is 2.80. The summed E-state index contributed by atoms with van der Waals surface area (Å²) in [6.07, 6.45) is 3.70. The molecular formula is C12H12ClN. The number of benzene rings is 1. The van der Waals surface area contributed by atoms with Gasteiger partial charge in [0.2, 0.25) is 0 Å². The second-order valence-electron chi connectivity index (χ2n) is 3.75. The molecule has 1 nitrogen and oxygen atoms in total. The molecule has 14 heavy (non-hydrogen) atoms. The smallest absolute Gasteiger partial charge is 0.0415 e. The van der Waals surface area contributed by atoms with Gasteiger partial charge < -0.3 is 0 Å². The fourth-order valence-electron chi connectivity index (χ4n) is 1.67. The zero-order valence-electron chi connectivity index (χ0n) is 8.29. The van der Waals surface area contributed by atoms with Crippen LogP contribution in [-0.4, -0.2) is 4.98 Å². The standard InChI is InChI=1S/C12H12ClN/c1-8(2)11-6-10(13)5-9-3-4-14-7-12(9)11/h3-8H,1-2H3. The summed E-state index contributed by atoms with van der Waals surface area (Å²) >= 11 is 6.05. The fraction of sp³-hybridized carbons (Fsp3) is 0.250. The molecule has 0 amide bonds. The fourth-order valence-corrected chi connectivity index (χ4v) is 1.90. The van der Waals surface area contributed by atoms with Crippen LogP contribution in [-0.2, 0) is 0 Å². The first-order valence-corrected chi connectivity index (χ1v) is 5.09. The number of pyridine rings is 1. The molecule has 0 radical (unpaired) electrons. The Morgan fingerprint density at radius 1 is 1.29 bits per heavy atom. The van der Waals surface area contributed by atoms with Crippen molar-refractivity contribution in [1.82, 2.24) is 4.98 Å². The van der Waals surface area contributed by atoms with Gasteiger partial charge in [-0.25, -0.2) is 0 Å². The number of rotatable bonds is 1. The van der Waals surface area contributed by atoms with Gasteiger partial charge in [0.1, 0.15) is 0 Å². The van der Waals surface area contributed by atoms with Gasteiger partial charge in [-0.05, 0) is 35.1 Å². The Morgan fingerprint density at radius 2 is 2.07 bits per heavy atom. The van der Waals surface area contributed by atoms with E-state index >= 15 is 0 Å². The molecule has 0 aliphatic carbocycles. The van der Waals surface area contributed by atoms with Crippen molar-refractivity contribution in [2.75, 3.05) is 0 Å². The third-order valence-electron chi connectivity index (χ3n) is 2.37. The van der Waals surface area contributed by atoms with Gasteiger partial charge in [-0.3, -0.25) is 4.98 Å². The van der Waals surface area contributed by atoms with Gasteiger partial charge in [0.05, 0.1) is 0 Å². The lowest BCUT2D eigenvalue weighted by atomic mass is 9.97. The average molecular weight is 206 g/mol. The number of nitrogens with zero attached hydrogens (tertiary/aromatic N) is 1. The molecule has 0 saturated heterocycles. The van der Waals surface area contributed by atoms with Crippen LogP contribution in [0.15, 0.2) is 30.6 Å². The number of aromatic nitrogens is 1. The van der Waals surface area contributed by atoms with Crippen LogP contribution >= 0.6 is 11.6 Å². The Labute approximate surface area is 88.7 Å². The topological polar surface area (TPSA) is 12.9 Å². The normalized spacial score (nSPS) is 11.1. The average Bonchev–Trinajstić information content (AvgIpc) is 2.16. The SMILES string of the molecule is CC(C)c1cc(Cl)cc2ccncc12. The highest BCUT2D eigenvalue weighted by Crippen LogP contribution is 2.28.